The summed E-state index contributed by atoms with van der Waals surface area (Å²) < 4.78 is 13.9. The molecule has 1 aromatic rings. The Morgan fingerprint density at radius 2 is 1.83 bits per heavy atom. The van der Waals surface area contributed by atoms with E-state index >= 15 is 0 Å². The fraction of sp³-hybridized carbons (Fsp3) is 0.625. The fourth-order valence-corrected chi connectivity index (χ4v) is 3.15. The van der Waals surface area contributed by atoms with Crippen molar-refractivity contribution in [3.05, 3.63) is 35.6 Å². The molecule has 0 aromatic heterocycles. The molecule has 0 radical (unpaired) electrons. The fourth-order valence-electron chi connectivity index (χ4n) is 3.15. The number of halogens is 1. The minimum Gasteiger partial charge on any atom is -0.385 e. The van der Waals surface area contributed by atoms with Gasteiger partial charge in [-0.25, -0.2) is 4.39 Å². The van der Waals surface area contributed by atoms with Gasteiger partial charge in [-0.3, -0.25) is 0 Å². The highest BCUT2D eigenvalue weighted by molar-refractivity contribution is 5.24. The van der Waals surface area contributed by atoms with E-state index in [0.29, 0.717) is 17.4 Å². The van der Waals surface area contributed by atoms with E-state index in [4.69, 9.17) is 0 Å². The molecule has 0 heterocycles. The van der Waals surface area contributed by atoms with Crippen molar-refractivity contribution < 1.29 is 9.50 Å². The topological polar surface area (TPSA) is 20.2 Å². The molecule has 1 aliphatic carbocycles. The Labute approximate surface area is 109 Å². The van der Waals surface area contributed by atoms with Crippen molar-refractivity contribution in [2.24, 2.45) is 17.8 Å². The molecule has 1 aliphatic rings. The average Bonchev–Trinajstić information content (AvgIpc) is 2.33. The van der Waals surface area contributed by atoms with Crippen LogP contribution >= 0.6 is 0 Å². The number of hydrogen-bond acceptors (Lipinski definition) is 1. The lowest BCUT2D eigenvalue weighted by atomic mass is 9.68. The normalized spacial score (nSPS) is 31.9. The predicted molar refractivity (Wildman–Crippen MR) is 71.6 cm³/mol. The van der Waals surface area contributed by atoms with Crippen LogP contribution in [0.2, 0.25) is 0 Å². The molecule has 4 unspecified atom stereocenters. The molecule has 0 aliphatic heterocycles. The maximum Gasteiger partial charge on any atom is 0.129 e. The van der Waals surface area contributed by atoms with Crippen molar-refractivity contribution in [2.45, 2.75) is 45.6 Å². The molecule has 1 nitrogen and oxygen atoms in total. The van der Waals surface area contributed by atoms with E-state index in [1.54, 1.807) is 25.1 Å². The molecule has 1 aromatic carbocycles. The van der Waals surface area contributed by atoms with Gasteiger partial charge in [0.25, 0.3) is 0 Å². The number of aliphatic hydroxyl groups is 1. The summed E-state index contributed by atoms with van der Waals surface area (Å²) >= 11 is 0. The van der Waals surface area contributed by atoms with Crippen molar-refractivity contribution in [1.82, 2.24) is 0 Å². The van der Waals surface area contributed by atoms with Crippen LogP contribution in [0.25, 0.3) is 0 Å². The summed E-state index contributed by atoms with van der Waals surface area (Å²) in [5, 5.41) is 10.8. The minimum atomic E-state index is -1.06. The largest absolute Gasteiger partial charge is 0.385 e. The van der Waals surface area contributed by atoms with Crippen LogP contribution in [0.15, 0.2) is 24.3 Å². The lowest BCUT2D eigenvalue weighted by molar-refractivity contribution is -0.0395. The van der Waals surface area contributed by atoms with Crippen LogP contribution < -0.4 is 0 Å². The molecule has 1 fully saturated rings. The first-order valence-corrected chi connectivity index (χ1v) is 6.90. The van der Waals surface area contributed by atoms with E-state index in [9.17, 15) is 9.50 Å². The summed E-state index contributed by atoms with van der Waals surface area (Å²) in [5.41, 5.74) is -0.614. The van der Waals surface area contributed by atoms with Crippen LogP contribution in [0.4, 0.5) is 4.39 Å². The zero-order chi connectivity index (χ0) is 13.3. The molecular weight excluding hydrogens is 227 g/mol. The van der Waals surface area contributed by atoms with E-state index in [-0.39, 0.29) is 11.7 Å². The van der Waals surface area contributed by atoms with Gasteiger partial charge in [0, 0.05) is 5.56 Å². The summed E-state index contributed by atoms with van der Waals surface area (Å²) in [6.07, 6.45) is 3.08. The van der Waals surface area contributed by atoms with Gasteiger partial charge in [0.05, 0.1) is 5.60 Å². The summed E-state index contributed by atoms with van der Waals surface area (Å²) in [4.78, 5) is 0. The van der Waals surface area contributed by atoms with Gasteiger partial charge in [-0.15, -0.1) is 0 Å². The second-order valence-electron chi connectivity index (χ2n) is 6.09. The van der Waals surface area contributed by atoms with Gasteiger partial charge in [0.2, 0.25) is 0 Å². The van der Waals surface area contributed by atoms with Crippen molar-refractivity contribution in [2.75, 3.05) is 0 Å². The third kappa shape index (κ3) is 2.44. The van der Waals surface area contributed by atoms with Crippen molar-refractivity contribution in [3.8, 4) is 0 Å². The zero-order valence-electron chi connectivity index (χ0n) is 11.5. The van der Waals surface area contributed by atoms with Gasteiger partial charge in [0.1, 0.15) is 5.82 Å². The highest BCUT2D eigenvalue weighted by Gasteiger charge is 2.39. The van der Waals surface area contributed by atoms with Gasteiger partial charge in [-0.1, -0.05) is 38.5 Å². The van der Waals surface area contributed by atoms with E-state index in [1.807, 2.05) is 0 Å². The SMILES string of the molecule is CC1CCC(C(C)(O)c2ccccc2F)CC1C. The van der Waals surface area contributed by atoms with Gasteiger partial charge in [-0.2, -0.15) is 0 Å². The first-order valence-electron chi connectivity index (χ1n) is 6.90. The van der Waals surface area contributed by atoms with Gasteiger partial charge < -0.3 is 5.11 Å². The molecule has 0 bridgehead atoms. The summed E-state index contributed by atoms with van der Waals surface area (Å²) in [7, 11) is 0. The highest BCUT2D eigenvalue weighted by Crippen LogP contribution is 2.43. The molecule has 1 N–H and O–H groups in total. The van der Waals surface area contributed by atoms with Gasteiger partial charge in [0.15, 0.2) is 0 Å². The Bertz CT molecular complexity index is 413. The van der Waals surface area contributed by atoms with Crippen molar-refractivity contribution >= 4 is 0 Å². The van der Waals surface area contributed by atoms with E-state index < -0.39 is 5.60 Å². The second-order valence-corrected chi connectivity index (χ2v) is 6.09. The number of hydrogen-bond donors (Lipinski definition) is 1. The first kappa shape index (κ1) is 13.5. The smallest absolute Gasteiger partial charge is 0.129 e. The first-order chi connectivity index (χ1) is 8.43. The molecule has 0 spiro atoms. The number of rotatable bonds is 2. The van der Waals surface area contributed by atoms with E-state index in [1.165, 1.54) is 6.07 Å². The van der Waals surface area contributed by atoms with Crippen LogP contribution in [0.5, 0.6) is 0 Å². The Balaban J connectivity index is 2.24. The Kier molecular flexibility index (Phi) is 3.76. The van der Waals surface area contributed by atoms with Crippen LogP contribution in [-0.2, 0) is 5.60 Å². The summed E-state index contributed by atoms with van der Waals surface area (Å²) in [6.45, 7) is 6.26. The lowest BCUT2D eigenvalue weighted by Crippen LogP contribution is -2.37. The Morgan fingerprint density at radius 1 is 1.17 bits per heavy atom. The molecule has 2 rings (SSSR count). The van der Waals surface area contributed by atoms with Crippen LogP contribution in [0.1, 0.15) is 45.6 Å². The molecule has 100 valence electrons. The average molecular weight is 250 g/mol. The maximum absolute atomic E-state index is 13.9. The summed E-state index contributed by atoms with van der Waals surface area (Å²) in [5.74, 6) is 1.16. The van der Waals surface area contributed by atoms with Crippen LogP contribution in [0, 0.1) is 23.6 Å². The van der Waals surface area contributed by atoms with E-state index in [0.717, 1.165) is 19.3 Å². The number of benzene rings is 1. The van der Waals surface area contributed by atoms with Crippen LogP contribution in [-0.4, -0.2) is 5.11 Å². The Morgan fingerprint density at radius 3 is 2.44 bits per heavy atom. The van der Waals surface area contributed by atoms with Crippen molar-refractivity contribution in [3.63, 3.8) is 0 Å². The molecule has 4 atom stereocenters. The Hall–Kier alpha value is -0.890. The third-order valence-electron chi connectivity index (χ3n) is 4.81. The van der Waals surface area contributed by atoms with E-state index in [2.05, 4.69) is 13.8 Å². The standard InChI is InChI=1S/C16H23FO/c1-11-8-9-13(10-12(11)2)16(3,18)14-6-4-5-7-15(14)17/h4-7,11-13,18H,8-10H2,1-3H3. The second kappa shape index (κ2) is 5.00. The molecule has 0 amide bonds. The maximum atomic E-state index is 13.9. The molecule has 2 heteroatoms. The molecule has 1 saturated carbocycles. The molecule has 0 saturated heterocycles. The molecule has 18 heavy (non-hydrogen) atoms. The monoisotopic (exact) mass is 250 g/mol. The van der Waals surface area contributed by atoms with Gasteiger partial charge >= 0.3 is 0 Å². The quantitative estimate of drug-likeness (QED) is 0.837. The summed E-state index contributed by atoms with van der Waals surface area (Å²) in [6, 6.07) is 6.60. The lowest BCUT2D eigenvalue weighted by Gasteiger charge is -2.40. The predicted octanol–water partition coefficient (Wildman–Crippen LogP) is 4.11. The third-order valence-corrected chi connectivity index (χ3v) is 4.81. The minimum absolute atomic E-state index is 0.153. The van der Waals surface area contributed by atoms with Crippen molar-refractivity contribution in [1.29, 1.82) is 0 Å². The van der Waals surface area contributed by atoms with Crippen LogP contribution in [0.3, 0.4) is 0 Å². The highest BCUT2D eigenvalue weighted by atomic mass is 19.1. The van der Waals surface area contributed by atoms with Gasteiger partial charge in [-0.05, 0) is 43.6 Å². The zero-order valence-corrected chi connectivity index (χ0v) is 11.5. The molecular formula is C16H23FO.